The van der Waals surface area contributed by atoms with Crippen molar-refractivity contribution in [2.45, 2.75) is 24.7 Å². The first-order chi connectivity index (χ1) is 11.7. The lowest BCUT2D eigenvalue weighted by atomic mass is 9.80. The van der Waals surface area contributed by atoms with E-state index < -0.39 is 31.3 Å². The van der Waals surface area contributed by atoms with Crippen LogP contribution in [0.3, 0.4) is 0 Å². The molecule has 0 aromatic heterocycles. The van der Waals surface area contributed by atoms with Crippen molar-refractivity contribution in [1.29, 1.82) is 0 Å². The summed E-state index contributed by atoms with van der Waals surface area (Å²) < 4.78 is 46.6. The Balaban J connectivity index is 0.00000338. The van der Waals surface area contributed by atoms with E-state index in [2.05, 4.69) is 10.0 Å². The molecule has 1 saturated heterocycles. The summed E-state index contributed by atoms with van der Waals surface area (Å²) in [6, 6.07) is 1.68. The van der Waals surface area contributed by atoms with E-state index in [-0.39, 0.29) is 29.9 Å². The molecule has 148 valence electrons. The molecule has 0 bridgehead atoms. The molecule has 11 heteroatoms. The van der Waals surface area contributed by atoms with E-state index in [9.17, 15) is 22.9 Å². The molecular formula is C15H23ClFN3O5S. The van der Waals surface area contributed by atoms with Crippen molar-refractivity contribution >= 4 is 28.1 Å². The zero-order valence-corrected chi connectivity index (χ0v) is 16.2. The van der Waals surface area contributed by atoms with Crippen LogP contribution in [0.25, 0.3) is 0 Å². The Kier molecular flexibility index (Phi) is 7.90. The summed E-state index contributed by atoms with van der Waals surface area (Å²) in [4.78, 5) is 9.74. The highest BCUT2D eigenvalue weighted by Crippen LogP contribution is 2.30. The van der Waals surface area contributed by atoms with Crippen molar-refractivity contribution in [1.82, 2.24) is 10.0 Å². The summed E-state index contributed by atoms with van der Waals surface area (Å²) >= 11 is 0. The lowest BCUT2D eigenvalue weighted by Crippen LogP contribution is -2.47. The van der Waals surface area contributed by atoms with Gasteiger partial charge in [0.05, 0.1) is 22.0 Å². The number of hydrogen-bond acceptors (Lipinski definition) is 6. The monoisotopic (exact) mass is 411 g/mol. The average molecular weight is 412 g/mol. The van der Waals surface area contributed by atoms with Crippen LogP contribution in [0.15, 0.2) is 17.0 Å². The van der Waals surface area contributed by atoms with Crippen LogP contribution >= 0.6 is 12.4 Å². The SMILES string of the molecule is COCC1(CNS(=O)(=O)c2cc(F)c(C)c([N+](=O)[O-])c2)CCNCC1.Cl. The summed E-state index contributed by atoms with van der Waals surface area (Å²) in [5.74, 6) is -0.928. The summed E-state index contributed by atoms with van der Waals surface area (Å²) in [6.45, 7) is 3.24. The Morgan fingerprint density at radius 3 is 2.54 bits per heavy atom. The molecule has 1 aliphatic rings. The van der Waals surface area contributed by atoms with Crippen molar-refractivity contribution in [2.75, 3.05) is 33.4 Å². The number of benzene rings is 1. The van der Waals surface area contributed by atoms with Crippen LogP contribution in [0.2, 0.25) is 0 Å². The molecule has 1 fully saturated rings. The summed E-state index contributed by atoms with van der Waals surface area (Å²) in [5, 5.41) is 14.2. The molecular weight excluding hydrogens is 389 g/mol. The standard InChI is InChI=1S/C15H22FN3O5S.ClH/c1-11-13(16)7-12(8-14(11)19(20)21)25(22,23)18-9-15(10-24-2)3-5-17-6-4-15;/h7-8,17-18H,3-6,9-10H2,1-2H3;1H. The predicted octanol–water partition coefficient (Wildman–Crippen LogP) is 1.76. The number of nitrogens with one attached hydrogen (secondary N) is 2. The summed E-state index contributed by atoms with van der Waals surface area (Å²) in [7, 11) is -2.53. The zero-order chi connectivity index (χ0) is 18.7. The number of nitrogens with zero attached hydrogens (tertiary/aromatic N) is 1. The molecule has 2 N–H and O–H groups in total. The maximum atomic E-state index is 13.9. The topological polar surface area (TPSA) is 111 Å². The third-order valence-electron chi connectivity index (χ3n) is 4.55. The van der Waals surface area contributed by atoms with Crippen LogP contribution in [0.1, 0.15) is 18.4 Å². The van der Waals surface area contributed by atoms with Crippen LogP contribution in [0.5, 0.6) is 0 Å². The molecule has 1 aromatic rings. The number of hydrogen-bond donors (Lipinski definition) is 2. The Morgan fingerprint density at radius 2 is 2.00 bits per heavy atom. The fourth-order valence-corrected chi connectivity index (χ4v) is 4.14. The van der Waals surface area contributed by atoms with Gasteiger partial charge in [-0.2, -0.15) is 0 Å². The molecule has 2 rings (SSSR count). The largest absolute Gasteiger partial charge is 0.384 e. The smallest absolute Gasteiger partial charge is 0.276 e. The van der Waals surface area contributed by atoms with Crippen molar-refractivity contribution in [3.63, 3.8) is 0 Å². The fourth-order valence-electron chi connectivity index (χ4n) is 2.95. The highest BCUT2D eigenvalue weighted by atomic mass is 35.5. The molecule has 0 amide bonds. The van der Waals surface area contributed by atoms with E-state index >= 15 is 0 Å². The summed E-state index contributed by atoms with van der Waals surface area (Å²) in [5.41, 5.74) is -1.12. The fraction of sp³-hybridized carbons (Fsp3) is 0.600. The maximum absolute atomic E-state index is 13.9. The van der Waals surface area contributed by atoms with Crippen molar-refractivity contribution in [3.8, 4) is 0 Å². The van der Waals surface area contributed by atoms with Gasteiger partial charge < -0.3 is 10.1 Å². The molecule has 0 radical (unpaired) electrons. The number of ether oxygens (including phenoxy) is 1. The van der Waals surface area contributed by atoms with E-state index in [4.69, 9.17) is 4.74 Å². The number of methoxy groups -OCH3 is 1. The first kappa shape index (κ1) is 22.7. The third kappa shape index (κ3) is 5.10. The van der Waals surface area contributed by atoms with E-state index in [0.717, 1.165) is 38.1 Å². The van der Waals surface area contributed by atoms with Crippen LogP contribution in [-0.2, 0) is 14.8 Å². The number of nitro groups is 1. The molecule has 0 atom stereocenters. The van der Waals surface area contributed by atoms with Crippen LogP contribution < -0.4 is 10.0 Å². The van der Waals surface area contributed by atoms with Gasteiger partial charge in [-0.25, -0.2) is 17.5 Å². The predicted molar refractivity (Wildman–Crippen MR) is 96.6 cm³/mol. The van der Waals surface area contributed by atoms with E-state index in [0.29, 0.717) is 6.61 Å². The molecule has 1 aliphatic heterocycles. The van der Waals surface area contributed by atoms with Gasteiger partial charge in [0.25, 0.3) is 5.69 Å². The lowest BCUT2D eigenvalue weighted by molar-refractivity contribution is -0.385. The Labute approximate surface area is 158 Å². The second-order valence-electron chi connectivity index (χ2n) is 6.31. The van der Waals surface area contributed by atoms with Gasteiger partial charge in [0.15, 0.2) is 0 Å². The van der Waals surface area contributed by atoms with Crippen molar-refractivity contribution in [2.24, 2.45) is 5.41 Å². The van der Waals surface area contributed by atoms with Gasteiger partial charge in [0.2, 0.25) is 10.0 Å². The number of sulfonamides is 1. The highest BCUT2D eigenvalue weighted by molar-refractivity contribution is 7.89. The number of halogens is 2. The minimum atomic E-state index is -4.08. The van der Waals surface area contributed by atoms with Crippen LogP contribution in [0, 0.1) is 28.3 Å². The molecule has 1 aromatic carbocycles. The third-order valence-corrected chi connectivity index (χ3v) is 5.93. The van der Waals surface area contributed by atoms with Gasteiger partial charge in [-0.1, -0.05) is 0 Å². The van der Waals surface area contributed by atoms with Gasteiger partial charge in [0.1, 0.15) is 5.82 Å². The second kappa shape index (κ2) is 9.05. The molecule has 1 heterocycles. The van der Waals surface area contributed by atoms with E-state index in [1.807, 2.05) is 0 Å². The van der Waals surface area contributed by atoms with Crippen molar-refractivity contribution < 1.29 is 22.5 Å². The number of nitro benzene ring substituents is 1. The van der Waals surface area contributed by atoms with Crippen molar-refractivity contribution in [3.05, 3.63) is 33.6 Å². The quantitative estimate of drug-likeness (QED) is 0.522. The van der Waals surface area contributed by atoms with Crippen LogP contribution in [0.4, 0.5) is 10.1 Å². The Hall–Kier alpha value is -1.33. The Morgan fingerprint density at radius 1 is 1.38 bits per heavy atom. The van der Waals surface area contributed by atoms with Gasteiger partial charge in [-0.15, -0.1) is 12.4 Å². The maximum Gasteiger partial charge on any atom is 0.276 e. The average Bonchev–Trinajstić information content (AvgIpc) is 2.56. The minimum Gasteiger partial charge on any atom is -0.384 e. The zero-order valence-electron chi connectivity index (χ0n) is 14.6. The molecule has 0 unspecified atom stereocenters. The molecule has 8 nitrogen and oxygen atoms in total. The Bertz CT molecular complexity index is 748. The van der Waals surface area contributed by atoms with Crippen LogP contribution in [-0.4, -0.2) is 46.7 Å². The highest BCUT2D eigenvalue weighted by Gasteiger charge is 2.34. The molecule has 0 saturated carbocycles. The molecule has 0 spiro atoms. The van der Waals surface area contributed by atoms with E-state index in [1.165, 1.54) is 6.92 Å². The van der Waals surface area contributed by atoms with Gasteiger partial charge in [-0.05, 0) is 38.9 Å². The normalized spacial score (nSPS) is 16.7. The summed E-state index contributed by atoms with van der Waals surface area (Å²) in [6.07, 6.45) is 1.46. The minimum absolute atomic E-state index is 0. The first-order valence-corrected chi connectivity index (χ1v) is 9.33. The lowest BCUT2D eigenvalue weighted by Gasteiger charge is -2.37. The number of piperidine rings is 1. The van der Waals surface area contributed by atoms with Gasteiger partial charge >= 0.3 is 0 Å². The van der Waals surface area contributed by atoms with E-state index in [1.54, 1.807) is 7.11 Å². The molecule has 0 aliphatic carbocycles. The first-order valence-electron chi connectivity index (χ1n) is 7.85. The van der Waals surface area contributed by atoms with Gasteiger partial charge in [0, 0.05) is 25.1 Å². The number of rotatable bonds is 7. The second-order valence-corrected chi connectivity index (χ2v) is 8.08. The molecule has 26 heavy (non-hydrogen) atoms. The van der Waals surface area contributed by atoms with Gasteiger partial charge in [-0.3, -0.25) is 10.1 Å².